The Bertz CT molecular complexity index is 222. The zero-order chi connectivity index (χ0) is 13.1. The van der Waals surface area contributed by atoms with Crippen LogP contribution in [0.5, 0.6) is 0 Å². The van der Waals surface area contributed by atoms with Crippen LogP contribution >= 0.6 is 0 Å². The standard InChI is InChI=1S/C12H22F3NO/c1-8(2)11(7-17)16-10-5-3-9(4-6-10)12(13,14)15/h8-11,16-17H,3-7H2,1-2H3. The normalized spacial score (nSPS) is 28.4. The molecule has 1 aliphatic carbocycles. The van der Waals surface area contributed by atoms with Gasteiger partial charge >= 0.3 is 6.18 Å². The molecule has 0 bridgehead atoms. The fourth-order valence-electron chi connectivity index (χ4n) is 2.35. The van der Waals surface area contributed by atoms with Gasteiger partial charge in [-0.05, 0) is 31.6 Å². The fraction of sp³-hybridized carbons (Fsp3) is 1.00. The maximum Gasteiger partial charge on any atom is 0.391 e. The van der Waals surface area contributed by atoms with Gasteiger partial charge in [0.25, 0.3) is 0 Å². The smallest absolute Gasteiger partial charge is 0.391 e. The second-order valence-electron chi connectivity index (χ2n) is 5.29. The predicted octanol–water partition coefficient (Wildman–Crippen LogP) is 2.71. The van der Waals surface area contributed by atoms with Crippen molar-refractivity contribution in [3.8, 4) is 0 Å². The average molecular weight is 253 g/mol. The highest BCUT2D eigenvalue weighted by Crippen LogP contribution is 2.37. The van der Waals surface area contributed by atoms with Crippen LogP contribution in [0.2, 0.25) is 0 Å². The van der Waals surface area contributed by atoms with Gasteiger partial charge in [0.1, 0.15) is 0 Å². The Kier molecular flexibility index (Phi) is 5.25. The zero-order valence-corrected chi connectivity index (χ0v) is 10.4. The number of nitrogens with one attached hydrogen (secondary N) is 1. The highest BCUT2D eigenvalue weighted by atomic mass is 19.4. The van der Waals surface area contributed by atoms with E-state index < -0.39 is 12.1 Å². The molecule has 0 heterocycles. The van der Waals surface area contributed by atoms with Gasteiger partial charge in [0.15, 0.2) is 0 Å². The van der Waals surface area contributed by atoms with Gasteiger partial charge in [-0.1, -0.05) is 13.8 Å². The van der Waals surface area contributed by atoms with Gasteiger partial charge in [0.2, 0.25) is 0 Å². The van der Waals surface area contributed by atoms with Crippen molar-refractivity contribution in [2.45, 2.75) is 57.8 Å². The molecular weight excluding hydrogens is 231 g/mol. The van der Waals surface area contributed by atoms with Gasteiger partial charge < -0.3 is 10.4 Å². The molecule has 1 fully saturated rings. The third kappa shape index (κ3) is 4.47. The third-order valence-corrected chi connectivity index (χ3v) is 3.64. The summed E-state index contributed by atoms with van der Waals surface area (Å²) in [6.07, 6.45) is -2.53. The van der Waals surface area contributed by atoms with E-state index in [1.807, 2.05) is 13.8 Å². The van der Waals surface area contributed by atoms with Crippen LogP contribution in [0.3, 0.4) is 0 Å². The predicted molar refractivity (Wildman–Crippen MR) is 60.6 cm³/mol. The van der Waals surface area contributed by atoms with E-state index in [2.05, 4.69) is 5.32 Å². The molecule has 17 heavy (non-hydrogen) atoms. The van der Waals surface area contributed by atoms with Crippen LogP contribution in [0.15, 0.2) is 0 Å². The largest absolute Gasteiger partial charge is 0.395 e. The molecule has 1 atom stereocenters. The molecule has 1 saturated carbocycles. The first-order valence-corrected chi connectivity index (χ1v) is 6.28. The van der Waals surface area contributed by atoms with Crippen molar-refractivity contribution in [1.82, 2.24) is 5.32 Å². The second-order valence-corrected chi connectivity index (χ2v) is 5.29. The lowest BCUT2D eigenvalue weighted by atomic mass is 9.85. The molecule has 1 rings (SSSR count). The number of rotatable bonds is 4. The Morgan fingerprint density at radius 3 is 2.06 bits per heavy atom. The van der Waals surface area contributed by atoms with Crippen LogP contribution in [0.4, 0.5) is 13.2 Å². The molecular formula is C12H22F3NO. The molecule has 5 heteroatoms. The van der Waals surface area contributed by atoms with Crippen molar-refractivity contribution in [3.63, 3.8) is 0 Å². The van der Waals surface area contributed by atoms with Crippen LogP contribution < -0.4 is 5.32 Å². The van der Waals surface area contributed by atoms with Crippen molar-refractivity contribution in [2.24, 2.45) is 11.8 Å². The molecule has 102 valence electrons. The molecule has 0 saturated heterocycles. The summed E-state index contributed by atoms with van der Waals surface area (Å²) in [4.78, 5) is 0. The molecule has 0 spiro atoms. The number of halogens is 3. The zero-order valence-electron chi connectivity index (χ0n) is 10.4. The van der Waals surface area contributed by atoms with Crippen molar-refractivity contribution < 1.29 is 18.3 Å². The Balaban J connectivity index is 2.37. The number of aliphatic hydroxyl groups excluding tert-OH is 1. The van der Waals surface area contributed by atoms with Gasteiger partial charge in [-0.15, -0.1) is 0 Å². The Labute approximate surface area is 101 Å². The van der Waals surface area contributed by atoms with Gasteiger partial charge in [-0.25, -0.2) is 0 Å². The number of hydrogen-bond acceptors (Lipinski definition) is 2. The van der Waals surface area contributed by atoms with E-state index >= 15 is 0 Å². The minimum atomic E-state index is -4.04. The van der Waals surface area contributed by atoms with E-state index in [9.17, 15) is 13.2 Å². The Morgan fingerprint density at radius 1 is 1.18 bits per heavy atom. The maximum absolute atomic E-state index is 12.5. The van der Waals surface area contributed by atoms with Crippen LogP contribution in [-0.4, -0.2) is 30.0 Å². The summed E-state index contributed by atoms with van der Waals surface area (Å²) in [5, 5.41) is 12.4. The molecule has 0 radical (unpaired) electrons. The van der Waals surface area contributed by atoms with Gasteiger partial charge in [-0.3, -0.25) is 0 Å². The van der Waals surface area contributed by atoms with Gasteiger partial charge in [0.05, 0.1) is 12.5 Å². The van der Waals surface area contributed by atoms with E-state index in [1.54, 1.807) is 0 Å². The second kappa shape index (κ2) is 6.05. The van der Waals surface area contributed by atoms with E-state index in [0.717, 1.165) is 0 Å². The van der Waals surface area contributed by atoms with Crippen molar-refractivity contribution in [3.05, 3.63) is 0 Å². The van der Waals surface area contributed by atoms with Crippen LogP contribution in [0, 0.1) is 11.8 Å². The summed E-state index contributed by atoms with van der Waals surface area (Å²) in [7, 11) is 0. The van der Waals surface area contributed by atoms with Crippen molar-refractivity contribution in [2.75, 3.05) is 6.61 Å². The molecule has 0 aromatic carbocycles. The first-order valence-electron chi connectivity index (χ1n) is 6.28. The van der Waals surface area contributed by atoms with Crippen molar-refractivity contribution >= 4 is 0 Å². The average Bonchev–Trinajstić information content (AvgIpc) is 2.25. The Hall–Kier alpha value is -0.290. The minimum Gasteiger partial charge on any atom is -0.395 e. The molecule has 0 amide bonds. The van der Waals surface area contributed by atoms with Crippen LogP contribution in [-0.2, 0) is 0 Å². The van der Waals surface area contributed by atoms with Crippen LogP contribution in [0.1, 0.15) is 39.5 Å². The fourth-order valence-corrected chi connectivity index (χ4v) is 2.35. The van der Waals surface area contributed by atoms with E-state index in [0.29, 0.717) is 18.8 Å². The van der Waals surface area contributed by atoms with Crippen molar-refractivity contribution in [1.29, 1.82) is 0 Å². The molecule has 1 aliphatic rings. The summed E-state index contributed by atoms with van der Waals surface area (Å²) in [6, 6.07) is 0.107. The monoisotopic (exact) mass is 253 g/mol. The van der Waals surface area contributed by atoms with E-state index in [-0.39, 0.29) is 31.5 Å². The third-order valence-electron chi connectivity index (χ3n) is 3.64. The van der Waals surface area contributed by atoms with Gasteiger partial charge in [-0.2, -0.15) is 13.2 Å². The topological polar surface area (TPSA) is 32.3 Å². The molecule has 0 aliphatic heterocycles. The quantitative estimate of drug-likeness (QED) is 0.807. The number of alkyl halides is 3. The highest BCUT2D eigenvalue weighted by molar-refractivity contribution is 4.83. The summed E-state index contributed by atoms with van der Waals surface area (Å²) < 4.78 is 37.4. The first kappa shape index (κ1) is 14.8. The molecule has 2 nitrogen and oxygen atoms in total. The molecule has 0 aromatic rings. The van der Waals surface area contributed by atoms with Gasteiger partial charge in [0, 0.05) is 12.1 Å². The summed E-state index contributed by atoms with van der Waals surface area (Å²) in [5.41, 5.74) is 0. The Morgan fingerprint density at radius 2 is 1.71 bits per heavy atom. The lowest BCUT2D eigenvalue weighted by Crippen LogP contribution is -2.46. The maximum atomic E-state index is 12.5. The first-order chi connectivity index (χ1) is 7.84. The number of aliphatic hydroxyl groups is 1. The summed E-state index contributed by atoms with van der Waals surface area (Å²) in [6.45, 7) is 4.03. The van der Waals surface area contributed by atoms with Crippen LogP contribution in [0.25, 0.3) is 0 Å². The number of hydrogen-bond donors (Lipinski definition) is 2. The summed E-state index contributed by atoms with van der Waals surface area (Å²) in [5.74, 6) is -0.840. The van der Waals surface area contributed by atoms with E-state index in [4.69, 9.17) is 5.11 Å². The molecule has 2 N–H and O–H groups in total. The summed E-state index contributed by atoms with van der Waals surface area (Å²) >= 11 is 0. The molecule has 0 aromatic heterocycles. The highest BCUT2D eigenvalue weighted by Gasteiger charge is 2.41. The minimum absolute atomic E-state index is 0.0116. The lowest BCUT2D eigenvalue weighted by Gasteiger charge is -2.33. The molecule has 1 unspecified atom stereocenters. The van der Waals surface area contributed by atoms with E-state index in [1.165, 1.54) is 0 Å². The lowest BCUT2D eigenvalue weighted by molar-refractivity contribution is -0.182. The SMILES string of the molecule is CC(C)C(CO)NC1CCC(C(F)(F)F)CC1.